The van der Waals surface area contributed by atoms with Crippen LogP contribution in [-0.2, 0) is 9.59 Å². The van der Waals surface area contributed by atoms with E-state index in [2.05, 4.69) is 5.32 Å². The van der Waals surface area contributed by atoms with Crippen LogP contribution in [0.5, 0.6) is 0 Å². The Balaban J connectivity index is 2.02. The maximum Gasteiger partial charge on any atom is 0.327 e. The molecule has 1 heterocycles. The van der Waals surface area contributed by atoms with E-state index in [0.717, 1.165) is 4.90 Å². The summed E-state index contributed by atoms with van der Waals surface area (Å²) in [6.45, 7) is -0.331. The van der Waals surface area contributed by atoms with Crippen LogP contribution in [0.2, 0.25) is 0 Å². The highest BCUT2D eigenvalue weighted by molar-refractivity contribution is 7.80. The number of nitrogens with zero attached hydrogens (tertiary/aromatic N) is 2. The number of carbonyl (C=O) groups excluding carboxylic acids is 3. The van der Waals surface area contributed by atoms with E-state index in [9.17, 15) is 14.4 Å². The van der Waals surface area contributed by atoms with E-state index < -0.39 is 17.8 Å². The second-order valence-corrected chi connectivity index (χ2v) is 5.05. The van der Waals surface area contributed by atoms with E-state index in [-0.39, 0.29) is 18.1 Å². The van der Waals surface area contributed by atoms with Crippen molar-refractivity contribution in [3.63, 3.8) is 0 Å². The number of likely N-dealkylation sites (N-methyl/N-ethyl adjacent to an activating group) is 1. The molecule has 0 atom stereocenters. The number of nitrogens with one attached hydrogen (secondary N) is 1. The van der Waals surface area contributed by atoms with Gasteiger partial charge in [0.25, 0.3) is 5.91 Å². The molecule has 0 radical (unpaired) electrons. The highest BCUT2D eigenvalue weighted by atomic mass is 32.1. The van der Waals surface area contributed by atoms with Crippen LogP contribution < -0.4 is 11.1 Å². The number of hydrogen-bond acceptors (Lipinski definition) is 4. The normalized spacial score (nSPS) is 14.5. The smallest absolute Gasteiger partial charge is 0.327 e. The van der Waals surface area contributed by atoms with Crippen LogP contribution >= 0.6 is 12.2 Å². The number of hydrogen-bond donors (Lipinski definition) is 2. The van der Waals surface area contributed by atoms with Gasteiger partial charge in [0.2, 0.25) is 5.91 Å². The number of benzene rings is 1. The molecular formula is C13H14N4O3S. The van der Waals surface area contributed by atoms with E-state index in [1.54, 1.807) is 24.3 Å². The van der Waals surface area contributed by atoms with Crippen molar-refractivity contribution in [1.29, 1.82) is 0 Å². The van der Waals surface area contributed by atoms with Gasteiger partial charge in [-0.25, -0.2) is 4.79 Å². The second kappa shape index (κ2) is 5.88. The van der Waals surface area contributed by atoms with E-state index in [1.165, 1.54) is 11.9 Å². The molecule has 1 aliphatic rings. The molecule has 0 aromatic heterocycles. The summed E-state index contributed by atoms with van der Waals surface area (Å²) in [6, 6.07) is 6.23. The standard InChI is InChI=1S/C13H14N4O3S/c1-16-7-11(19)17(13(16)20)6-10(18)15-9-4-2-3-8(5-9)12(14)21/h2-5H,6-7H2,1H3,(H2,14,21)(H,15,18). The van der Waals surface area contributed by atoms with Gasteiger partial charge in [-0.15, -0.1) is 0 Å². The summed E-state index contributed by atoms with van der Waals surface area (Å²) in [6.07, 6.45) is 0. The van der Waals surface area contributed by atoms with Crippen molar-refractivity contribution >= 4 is 40.7 Å². The van der Waals surface area contributed by atoms with Gasteiger partial charge in [-0.05, 0) is 12.1 Å². The third-order valence-electron chi connectivity index (χ3n) is 2.96. The highest BCUT2D eigenvalue weighted by Crippen LogP contribution is 2.12. The third kappa shape index (κ3) is 3.34. The summed E-state index contributed by atoms with van der Waals surface area (Å²) in [5.41, 5.74) is 6.63. The lowest BCUT2D eigenvalue weighted by Gasteiger charge is -2.14. The predicted octanol–water partition coefficient (Wildman–Crippen LogP) is 0.153. The molecule has 0 spiro atoms. The van der Waals surface area contributed by atoms with E-state index >= 15 is 0 Å². The summed E-state index contributed by atoms with van der Waals surface area (Å²) < 4.78 is 0. The number of nitrogens with two attached hydrogens (primary N) is 1. The molecule has 1 saturated heterocycles. The first-order valence-corrected chi connectivity index (χ1v) is 6.54. The molecule has 0 bridgehead atoms. The number of carbonyl (C=O) groups is 3. The van der Waals surface area contributed by atoms with Crippen LogP contribution in [0.25, 0.3) is 0 Å². The summed E-state index contributed by atoms with van der Waals surface area (Å²) in [5.74, 6) is -0.860. The van der Waals surface area contributed by atoms with Gasteiger partial charge in [0.05, 0.1) is 0 Å². The fraction of sp³-hybridized carbons (Fsp3) is 0.231. The number of rotatable bonds is 4. The van der Waals surface area contributed by atoms with E-state index in [1.807, 2.05) is 0 Å². The van der Waals surface area contributed by atoms with Crippen molar-refractivity contribution in [3.8, 4) is 0 Å². The maximum atomic E-state index is 11.9. The second-order valence-electron chi connectivity index (χ2n) is 4.61. The molecule has 4 amide bonds. The molecular weight excluding hydrogens is 292 g/mol. The zero-order valence-corrected chi connectivity index (χ0v) is 12.1. The van der Waals surface area contributed by atoms with Crippen LogP contribution in [0.1, 0.15) is 5.56 Å². The predicted molar refractivity (Wildman–Crippen MR) is 80.7 cm³/mol. The minimum Gasteiger partial charge on any atom is -0.389 e. The van der Waals surface area contributed by atoms with Crippen molar-refractivity contribution < 1.29 is 14.4 Å². The molecule has 1 aromatic carbocycles. The number of amides is 4. The van der Waals surface area contributed by atoms with Crippen LogP contribution in [0.4, 0.5) is 10.5 Å². The Kier molecular flexibility index (Phi) is 4.18. The van der Waals surface area contributed by atoms with Crippen molar-refractivity contribution in [3.05, 3.63) is 29.8 Å². The van der Waals surface area contributed by atoms with E-state index in [0.29, 0.717) is 11.3 Å². The fourth-order valence-corrected chi connectivity index (χ4v) is 2.05. The summed E-state index contributed by atoms with van der Waals surface area (Å²) in [4.78, 5) is 37.5. The Morgan fingerprint density at radius 3 is 2.71 bits per heavy atom. The third-order valence-corrected chi connectivity index (χ3v) is 3.20. The molecule has 7 nitrogen and oxygen atoms in total. The Labute approximate surface area is 126 Å². The van der Waals surface area contributed by atoms with Crippen molar-refractivity contribution in [2.75, 3.05) is 25.5 Å². The average Bonchev–Trinajstić information content (AvgIpc) is 2.65. The largest absolute Gasteiger partial charge is 0.389 e. The molecule has 110 valence electrons. The number of urea groups is 1. The Morgan fingerprint density at radius 1 is 1.43 bits per heavy atom. The maximum absolute atomic E-state index is 11.9. The Morgan fingerprint density at radius 2 is 2.14 bits per heavy atom. The molecule has 0 aliphatic carbocycles. The average molecular weight is 306 g/mol. The molecule has 1 aliphatic heterocycles. The zero-order chi connectivity index (χ0) is 15.6. The van der Waals surface area contributed by atoms with Gasteiger partial charge in [0.15, 0.2) is 0 Å². The fourth-order valence-electron chi connectivity index (χ4n) is 1.92. The number of thiocarbonyl (C=S) groups is 1. The van der Waals surface area contributed by atoms with Gasteiger partial charge in [-0.1, -0.05) is 24.4 Å². The summed E-state index contributed by atoms with van der Waals surface area (Å²) in [5, 5.41) is 2.60. The van der Waals surface area contributed by atoms with Crippen molar-refractivity contribution in [2.24, 2.45) is 5.73 Å². The monoisotopic (exact) mass is 306 g/mol. The van der Waals surface area contributed by atoms with Crippen LogP contribution in [0.15, 0.2) is 24.3 Å². The minimum absolute atomic E-state index is 0.0109. The van der Waals surface area contributed by atoms with Gasteiger partial charge in [0, 0.05) is 18.3 Å². The molecule has 2 rings (SSSR count). The lowest BCUT2D eigenvalue weighted by atomic mass is 10.2. The van der Waals surface area contributed by atoms with Gasteiger partial charge in [-0.3, -0.25) is 14.5 Å². The first kappa shape index (κ1) is 14.9. The minimum atomic E-state index is -0.480. The van der Waals surface area contributed by atoms with Crippen LogP contribution in [0, 0.1) is 0 Å². The van der Waals surface area contributed by atoms with Gasteiger partial charge in [-0.2, -0.15) is 0 Å². The molecule has 1 aromatic rings. The van der Waals surface area contributed by atoms with E-state index in [4.69, 9.17) is 18.0 Å². The van der Waals surface area contributed by atoms with Crippen LogP contribution in [0.3, 0.4) is 0 Å². The number of imide groups is 1. The molecule has 21 heavy (non-hydrogen) atoms. The van der Waals surface area contributed by atoms with Crippen LogP contribution in [-0.4, -0.2) is 52.8 Å². The van der Waals surface area contributed by atoms with Gasteiger partial charge in [0.1, 0.15) is 18.1 Å². The lowest BCUT2D eigenvalue weighted by Crippen LogP contribution is -2.38. The molecule has 0 saturated carbocycles. The molecule has 3 N–H and O–H groups in total. The quantitative estimate of drug-likeness (QED) is 0.610. The number of anilines is 1. The Hall–Kier alpha value is -2.48. The lowest BCUT2D eigenvalue weighted by molar-refractivity contribution is -0.129. The molecule has 1 fully saturated rings. The summed E-state index contributed by atoms with van der Waals surface area (Å²) >= 11 is 4.86. The molecule has 8 heteroatoms. The summed E-state index contributed by atoms with van der Waals surface area (Å²) in [7, 11) is 1.50. The molecule has 0 unspecified atom stereocenters. The van der Waals surface area contributed by atoms with Gasteiger partial charge < -0.3 is 16.0 Å². The first-order valence-electron chi connectivity index (χ1n) is 6.13. The first-order chi connectivity index (χ1) is 9.88. The Bertz CT molecular complexity index is 632. The van der Waals surface area contributed by atoms with Crippen molar-refractivity contribution in [1.82, 2.24) is 9.80 Å². The SMILES string of the molecule is CN1CC(=O)N(CC(=O)Nc2cccc(C(N)=S)c2)C1=O. The van der Waals surface area contributed by atoms with Gasteiger partial charge >= 0.3 is 6.03 Å². The highest BCUT2D eigenvalue weighted by Gasteiger charge is 2.34. The topological polar surface area (TPSA) is 95.7 Å². The zero-order valence-electron chi connectivity index (χ0n) is 11.3. The van der Waals surface area contributed by atoms with Crippen molar-refractivity contribution in [2.45, 2.75) is 0 Å².